The Morgan fingerprint density at radius 1 is 1.47 bits per heavy atom. The minimum absolute atomic E-state index is 0.188. The van der Waals surface area contributed by atoms with Crippen molar-refractivity contribution < 1.29 is 4.79 Å². The number of thiophene rings is 1. The summed E-state index contributed by atoms with van der Waals surface area (Å²) < 4.78 is 1.78. The van der Waals surface area contributed by atoms with Gasteiger partial charge in [0.1, 0.15) is 0 Å². The van der Waals surface area contributed by atoms with Crippen LogP contribution in [0.5, 0.6) is 0 Å². The predicted molar refractivity (Wildman–Crippen MR) is 77.7 cm³/mol. The minimum Gasteiger partial charge on any atom is -0.294 e. The highest BCUT2D eigenvalue weighted by Crippen LogP contribution is 2.21. The summed E-state index contributed by atoms with van der Waals surface area (Å²) >= 11 is 1.68. The van der Waals surface area contributed by atoms with Crippen LogP contribution in [0.4, 0.5) is 0 Å². The van der Waals surface area contributed by atoms with Gasteiger partial charge in [-0.3, -0.25) is 14.4 Å². The van der Waals surface area contributed by atoms with Crippen LogP contribution in [0.3, 0.4) is 0 Å². The molecule has 0 radical (unpaired) electrons. The molecule has 0 saturated carbocycles. The highest BCUT2D eigenvalue weighted by Gasteiger charge is 2.14. The molecular weight excluding hydrogens is 258 g/mol. The fraction of sp³-hybridized carbons (Fsp3) is 0.429. The van der Waals surface area contributed by atoms with Crippen LogP contribution in [-0.4, -0.2) is 34.1 Å². The van der Waals surface area contributed by atoms with Crippen LogP contribution in [0.2, 0.25) is 0 Å². The maximum atomic E-state index is 12.2. The first-order valence-electron chi connectivity index (χ1n) is 6.22. The van der Waals surface area contributed by atoms with E-state index < -0.39 is 0 Å². The Hall–Kier alpha value is -1.46. The average Bonchev–Trinajstić information content (AvgIpc) is 2.84. The summed E-state index contributed by atoms with van der Waals surface area (Å²) in [7, 11) is 3.85. The third kappa shape index (κ3) is 3.52. The topological polar surface area (TPSA) is 38.1 Å². The van der Waals surface area contributed by atoms with Crippen LogP contribution in [-0.2, 0) is 13.6 Å². The van der Waals surface area contributed by atoms with E-state index in [1.165, 1.54) is 4.88 Å². The molecule has 0 aliphatic heterocycles. The Morgan fingerprint density at radius 2 is 2.21 bits per heavy atom. The fourth-order valence-electron chi connectivity index (χ4n) is 2.16. The first-order valence-corrected chi connectivity index (χ1v) is 7.03. The molecular formula is C14H19N3OS. The zero-order chi connectivity index (χ0) is 14.0. The monoisotopic (exact) mass is 277 g/mol. The second-order valence-electron chi connectivity index (χ2n) is 4.94. The third-order valence-electron chi connectivity index (χ3n) is 2.97. The van der Waals surface area contributed by atoms with Gasteiger partial charge in [-0.2, -0.15) is 5.10 Å². The maximum absolute atomic E-state index is 12.2. The predicted octanol–water partition coefficient (Wildman–Crippen LogP) is 2.41. The second-order valence-corrected chi connectivity index (χ2v) is 6.41. The van der Waals surface area contributed by atoms with Crippen LogP contribution < -0.4 is 0 Å². The molecule has 0 aromatic carbocycles. The molecule has 4 nitrogen and oxygen atoms in total. The number of hydrogen-bond donors (Lipinski definition) is 0. The van der Waals surface area contributed by atoms with E-state index >= 15 is 0 Å². The van der Waals surface area contributed by atoms with Crippen LogP contribution in [0.15, 0.2) is 18.5 Å². The molecule has 0 unspecified atom stereocenters. The SMILES string of the molecule is Cc1cc(C(=O)CN(C)Cc2cnn(C)c2)c(C)s1. The molecule has 2 rings (SSSR count). The second kappa shape index (κ2) is 5.67. The van der Waals surface area contributed by atoms with Gasteiger partial charge in [-0.1, -0.05) is 0 Å². The first-order chi connectivity index (χ1) is 8.95. The van der Waals surface area contributed by atoms with Gasteiger partial charge in [-0.15, -0.1) is 11.3 Å². The highest BCUT2D eigenvalue weighted by molar-refractivity contribution is 7.12. The van der Waals surface area contributed by atoms with Gasteiger partial charge < -0.3 is 0 Å². The molecule has 0 aliphatic carbocycles. The standard InChI is InChI=1S/C14H19N3OS/c1-10-5-13(11(2)19-10)14(18)9-16(3)7-12-6-15-17(4)8-12/h5-6,8H,7,9H2,1-4H3. The number of nitrogens with zero attached hydrogens (tertiary/aromatic N) is 3. The summed E-state index contributed by atoms with van der Waals surface area (Å²) in [5.41, 5.74) is 1.98. The van der Waals surface area contributed by atoms with Gasteiger partial charge in [-0.25, -0.2) is 0 Å². The minimum atomic E-state index is 0.188. The lowest BCUT2D eigenvalue weighted by Crippen LogP contribution is -2.25. The van der Waals surface area contributed by atoms with Crippen LogP contribution in [0.1, 0.15) is 25.7 Å². The number of rotatable bonds is 5. The van der Waals surface area contributed by atoms with Crippen molar-refractivity contribution in [3.05, 3.63) is 39.3 Å². The van der Waals surface area contributed by atoms with Crippen molar-refractivity contribution in [2.24, 2.45) is 7.05 Å². The molecule has 0 atom stereocenters. The number of carbonyl (C=O) groups is 1. The number of ketones is 1. The zero-order valence-electron chi connectivity index (χ0n) is 11.8. The highest BCUT2D eigenvalue weighted by atomic mass is 32.1. The Morgan fingerprint density at radius 3 is 2.74 bits per heavy atom. The Labute approximate surface area is 117 Å². The van der Waals surface area contributed by atoms with Gasteiger partial charge in [0.2, 0.25) is 0 Å². The van der Waals surface area contributed by atoms with E-state index in [-0.39, 0.29) is 5.78 Å². The van der Waals surface area contributed by atoms with Gasteiger partial charge in [0.05, 0.1) is 12.7 Å². The lowest BCUT2D eigenvalue weighted by molar-refractivity contribution is 0.0943. The van der Waals surface area contributed by atoms with E-state index in [1.807, 2.05) is 51.3 Å². The van der Waals surface area contributed by atoms with Crippen LogP contribution in [0, 0.1) is 13.8 Å². The van der Waals surface area contributed by atoms with Gasteiger partial charge in [0.15, 0.2) is 5.78 Å². The maximum Gasteiger partial charge on any atom is 0.177 e. The Kier molecular flexibility index (Phi) is 4.17. The summed E-state index contributed by atoms with van der Waals surface area (Å²) in [5, 5.41) is 4.13. The van der Waals surface area contributed by atoms with Gasteiger partial charge in [0.25, 0.3) is 0 Å². The zero-order valence-corrected chi connectivity index (χ0v) is 12.6. The van der Waals surface area contributed by atoms with Gasteiger partial charge >= 0.3 is 0 Å². The van der Waals surface area contributed by atoms with E-state index in [2.05, 4.69) is 5.10 Å². The van der Waals surface area contributed by atoms with E-state index in [1.54, 1.807) is 16.0 Å². The van der Waals surface area contributed by atoms with Crippen molar-refractivity contribution in [1.82, 2.24) is 14.7 Å². The van der Waals surface area contributed by atoms with Crippen molar-refractivity contribution in [3.8, 4) is 0 Å². The van der Waals surface area contributed by atoms with Crippen molar-refractivity contribution in [1.29, 1.82) is 0 Å². The van der Waals surface area contributed by atoms with Crippen molar-refractivity contribution in [2.75, 3.05) is 13.6 Å². The molecule has 2 aromatic heterocycles. The summed E-state index contributed by atoms with van der Waals surface area (Å²) in [6.07, 6.45) is 3.81. The number of aryl methyl sites for hydroxylation is 3. The number of aromatic nitrogens is 2. The Balaban J connectivity index is 1.97. The molecule has 2 heterocycles. The lowest BCUT2D eigenvalue weighted by Gasteiger charge is -2.14. The quantitative estimate of drug-likeness (QED) is 0.788. The van der Waals surface area contributed by atoms with E-state index in [0.717, 1.165) is 22.5 Å². The molecule has 19 heavy (non-hydrogen) atoms. The summed E-state index contributed by atoms with van der Waals surface area (Å²) in [5.74, 6) is 0.188. The van der Waals surface area contributed by atoms with Crippen molar-refractivity contribution in [3.63, 3.8) is 0 Å². The molecule has 2 aromatic rings. The van der Waals surface area contributed by atoms with Gasteiger partial charge in [0, 0.05) is 40.7 Å². The molecule has 0 fully saturated rings. The smallest absolute Gasteiger partial charge is 0.177 e. The van der Waals surface area contributed by atoms with Gasteiger partial charge in [-0.05, 0) is 27.0 Å². The third-order valence-corrected chi connectivity index (χ3v) is 3.93. The fourth-order valence-corrected chi connectivity index (χ4v) is 3.10. The normalized spacial score (nSPS) is 11.2. The van der Waals surface area contributed by atoms with E-state index in [4.69, 9.17) is 0 Å². The summed E-state index contributed by atoms with van der Waals surface area (Å²) in [4.78, 5) is 16.5. The summed E-state index contributed by atoms with van der Waals surface area (Å²) in [6, 6.07) is 1.99. The number of likely N-dealkylation sites (N-methyl/N-ethyl adjacent to an activating group) is 1. The number of Topliss-reactive ketones (excluding diaryl/α,β-unsaturated/α-hetero) is 1. The van der Waals surface area contributed by atoms with E-state index in [0.29, 0.717) is 6.54 Å². The largest absolute Gasteiger partial charge is 0.294 e. The molecule has 0 aliphatic rings. The van der Waals surface area contributed by atoms with Crippen molar-refractivity contribution >= 4 is 17.1 Å². The molecule has 102 valence electrons. The van der Waals surface area contributed by atoms with Crippen LogP contribution >= 0.6 is 11.3 Å². The van der Waals surface area contributed by atoms with E-state index in [9.17, 15) is 4.79 Å². The molecule has 5 heteroatoms. The number of hydrogen-bond acceptors (Lipinski definition) is 4. The number of carbonyl (C=O) groups excluding carboxylic acids is 1. The lowest BCUT2D eigenvalue weighted by atomic mass is 10.1. The van der Waals surface area contributed by atoms with Crippen LogP contribution in [0.25, 0.3) is 0 Å². The molecule has 0 amide bonds. The first kappa shape index (κ1) is 14.0. The van der Waals surface area contributed by atoms with Crippen molar-refractivity contribution in [2.45, 2.75) is 20.4 Å². The molecule has 0 saturated heterocycles. The Bertz CT molecular complexity index is 585. The average molecular weight is 277 g/mol. The summed E-state index contributed by atoms with van der Waals surface area (Å²) in [6.45, 7) is 5.22. The molecule has 0 N–H and O–H groups in total. The molecule has 0 spiro atoms. The molecule has 0 bridgehead atoms.